The first-order valence-corrected chi connectivity index (χ1v) is 16.8. The largest absolute Gasteiger partial charge is 0.457 e. The molecule has 258 valence electrons. The van der Waals surface area contributed by atoms with Crippen LogP contribution in [-0.2, 0) is 33.3 Å². The highest BCUT2D eigenvalue weighted by Gasteiger charge is 2.58. The monoisotopic (exact) mass is 639 g/mol. The molecular weight excluding hydrogens is 582 g/mol. The van der Waals surface area contributed by atoms with Gasteiger partial charge in [-0.1, -0.05) is 27.7 Å². The van der Waals surface area contributed by atoms with Crippen LogP contribution in [0.1, 0.15) is 87.5 Å². The number of hydrogen-bond acceptors (Lipinski definition) is 11. The smallest absolute Gasteiger partial charge is 0.408 e. The number of likely N-dealkylation sites (N-methyl/N-ethyl adjacent to an activating group) is 1. The summed E-state index contributed by atoms with van der Waals surface area (Å²) in [5.41, 5.74) is -3.65. The average Bonchev–Trinajstić information content (AvgIpc) is 3.30. The van der Waals surface area contributed by atoms with Gasteiger partial charge in [0.05, 0.1) is 23.9 Å². The second kappa shape index (κ2) is 13.7. The molecule has 5 aliphatic heterocycles. The minimum Gasteiger partial charge on any atom is -0.457 e. The molecule has 2 bridgehead atoms. The van der Waals surface area contributed by atoms with Crippen molar-refractivity contribution in [3.8, 4) is 0 Å². The molecule has 3 N–H and O–H groups in total. The molecule has 5 aliphatic rings. The second-order valence-corrected chi connectivity index (χ2v) is 14.7. The number of ketones is 1. The highest BCUT2D eigenvalue weighted by molar-refractivity contribution is 6.04. The van der Waals surface area contributed by atoms with E-state index in [1.807, 2.05) is 46.7 Å². The maximum Gasteiger partial charge on any atom is 0.408 e. The fraction of sp³-hybridized carbons (Fsp3) is 0.909. The Morgan fingerprint density at radius 3 is 2.38 bits per heavy atom. The van der Waals surface area contributed by atoms with Gasteiger partial charge in [-0.25, -0.2) is 4.79 Å². The number of rotatable bonds is 5. The van der Waals surface area contributed by atoms with Gasteiger partial charge >= 0.3 is 12.1 Å². The number of Topliss-reactive ketones (excluding diaryl/α,β-unsaturated/α-hetero) is 1. The van der Waals surface area contributed by atoms with Gasteiger partial charge in [0.15, 0.2) is 17.7 Å². The van der Waals surface area contributed by atoms with E-state index < -0.39 is 65.2 Å². The molecule has 2 unspecified atom stereocenters. The van der Waals surface area contributed by atoms with Crippen LogP contribution >= 0.6 is 0 Å². The van der Waals surface area contributed by atoms with Crippen molar-refractivity contribution in [3.05, 3.63) is 0 Å². The Morgan fingerprint density at radius 2 is 1.76 bits per heavy atom. The predicted octanol–water partition coefficient (Wildman–Crippen LogP) is 2.79. The van der Waals surface area contributed by atoms with E-state index in [0.717, 1.165) is 6.42 Å². The van der Waals surface area contributed by atoms with E-state index in [2.05, 4.69) is 17.6 Å². The lowest BCUT2D eigenvalue weighted by Gasteiger charge is -2.49. The second-order valence-electron chi connectivity index (χ2n) is 14.7. The maximum absolute atomic E-state index is 14.5. The van der Waals surface area contributed by atoms with Gasteiger partial charge in [0.1, 0.15) is 17.6 Å². The predicted molar refractivity (Wildman–Crippen MR) is 166 cm³/mol. The van der Waals surface area contributed by atoms with E-state index in [1.54, 1.807) is 20.8 Å². The highest BCUT2D eigenvalue weighted by atomic mass is 16.7. The first-order chi connectivity index (χ1) is 21.0. The molecule has 0 aliphatic carbocycles. The molecule has 5 heterocycles. The van der Waals surface area contributed by atoms with Crippen LogP contribution in [-0.4, -0.2) is 115 Å². The van der Waals surface area contributed by atoms with Crippen LogP contribution in [0.15, 0.2) is 0 Å². The molecule has 0 aromatic rings. The molecule has 5 rings (SSSR count). The van der Waals surface area contributed by atoms with Gasteiger partial charge in [-0.2, -0.15) is 0 Å². The normalized spacial score (nSPS) is 46.8. The zero-order valence-corrected chi connectivity index (χ0v) is 28.9. The number of esters is 1. The van der Waals surface area contributed by atoms with Crippen molar-refractivity contribution in [2.45, 2.75) is 148 Å². The third kappa shape index (κ3) is 6.92. The lowest BCUT2D eigenvalue weighted by molar-refractivity contribution is -0.302. The quantitative estimate of drug-likeness (QED) is 0.302. The van der Waals surface area contributed by atoms with E-state index in [1.165, 1.54) is 0 Å². The number of fused-ring (bicyclic) bond motifs is 10. The minimum absolute atomic E-state index is 0.0565. The van der Waals surface area contributed by atoms with Crippen molar-refractivity contribution in [3.63, 3.8) is 0 Å². The molecular formula is C33H57N3O9. The van der Waals surface area contributed by atoms with Gasteiger partial charge in [0, 0.05) is 24.6 Å². The van der Waals surface area contributed by atoms with Crippen molar-refractivity contribution in [1.29, 1.82) is 0 Å². The van der Waals surface area contributed by atoms with E-state index in [9.17, 15) is 19.5 Å². The summed E-state index contributed by atoms with van der Waals surface area (Å²) in [5.74, 6) is -1.75. The van der Waals surface area contributed by atoms with Gasteiger partial charge in [0.25, 0.3) is 0 Å². The number of ether oxygens (including phenoxy) is 5. The van der Waals surface area contributed by atoms with E-state index in [0.29, 0.717) is 25.8 Å². The van der Waals surface area contributed by atoms with Crippen molar-refractivity contribution in [2.75, 3.05) is 27.2 Å². The van der Waals surface area contributed by atoms with Gasteiger partial charge in [0.2, 0.25) is 0 Å². The molecule has 0 spiro atoms. The highest BCUT2D eigenvalue weighted by Crippen LogP contribution is 2.43. The molecule has 5 saturated heterocycles. The van der Waals surface area contributed by atoms with Crippen molar-refractivity contribution >= 4 is 17.8 Å². The van der Waals surface area contributed by atoms with Crippen molar-refractivity contribution < 1.29 is 43.2 Å². The van der Waals surface area contributed by atoms with Gasteiger partial charge < -0.3 is 44.3 Å². The van der Waals surface area contributed by atoms with Crippen LogP contribution in [0.25, 0.3) is 0 Å². The number of aliphatic hydroxyl groups is 1. The number of alkyl carbamates (subject to hydrolysis) is 1. The minimum atomic E-state index is -1.54. The molecule has 1 amide bonds. The molecule has 13 atom stereocenters. The Hall–Kier alpha value is -1.83. The molecule has 0 aromatic carbocycles. The Morgan fingerprint density at radius 1 is 1.07 bits per heavy atom. The van der Waals surface area contributed by atoms with Crippen LogP contribution < -0.4 is 10.6 Å². The molecule has 12 nitrogen and oxygen atoms in total. The van der Waals surface area contributed by atoms with Gasteiger partial charge in [-0.3, -0.25) is 9.59 Å². The molecule has 0 radical (unpaired) electrons. The SMILES string of the molecule is CC[C@@H]1CC(N(C)C)C(O)[C@H](O[C@@H]2[C@@H](C)C(=O)[C@]3(C)CCO[C@@]2(C)C[C@@H](C)CN[C@H](C)[C@H]2NC(=O)O[C@]2(C)[C@@H](CC)OC3=O)O1. The molecule has 0 saturated carbocycles. The Bertz CT molecular complexity index is 1090. The zero-order chi connectivity index (χ0) is 33.5. The number of carbonyl (C=O) groups excluding carboxylic acids is 3. The lowest BCUT2D eigenvalue weighted by atomic mass is 9.70. The summed E-state index contributed by atoms with van der Waals surface area (Å²) in [7, 11) is 3.85. The maximum atomic E-state index is 14.5. The molecule has 0 aromatic heterocycles. The Balaban J connectivity index is 1.76. The number of amides is 1. The number of nitrogens with one attached hydrogen (secondary N) is 2. The summed E-state index contributed by atoms with van der Waals surface area (Å²) in [6, 6.07) is -0.898. The number of nitrogens with zero attached hydrogens (tertiary/aromatic N) is 1. The summed E-state index contributed by atoms with van der Waals surface area (Å²) in [5, 5.41) is 17.9. The fourth-order valence-corrected chi connectivity index (χ4v) is 8.04. The number of aliphatic hydroxyl groups excluding tert-OH is 1. The molecule has 45 heavy (non-hydrogen) atoms. The van der Waals surface area contributed by atoms with Crippen LogP contribution in [0.4, 0.5) is 4.79 Å². The lowest BCUT2D eigenvalue weighted by Crippen LogP contribution is -2.61. The van der Waals surface area contributed by atoms with Crippen molar-refractivity contribution in [1.82, 2.24) is 15.5 Å². The summed E-state index contributed by atoms with van der Waals surface area (Å²) in [4.78, 5) is 43.1. The van der Waals surface area contributed by atoms with Crippen LogP contribution in [0.3, 0.4) is 0 Å². The Kier molecular flexibility index (Phi) is 11.0. The summed E-state index contributed by atoms with van der Waals surface area (Å²) in [6.07, 6.45) is -1.84. The van der Waals surface area contributed by atoms with Crippen LogP contribution in [0.5, 0.6) is 0 Å². The summed E-state index contributed by atoms with van der Waals surface area (Å²) >= 11 is 0. The molecule has 12 heteroatoms. The van der Waals surface area contributed by atoms with Crippen LogP contribution in [0, 0.1) is 17.3 Å². The number of carbonyl (C=O) groups is 3. The van der Waals surface area contributed by atoms with Gasteiger partial charge in [-0.15, -0.1) is 0 Å². The standard InChI is InChI=1S/C33H57N3O9/c1-11-21-15-22(36(9)10)24(37)28(42-21)44-27-19(4)26(38)31(6)13-14-41-32(27,7)16-18(3)17-34-20(5)25-33(8,45-30(40)35-25)23(12-2)43-29(31)39/h18-25,27-28,34,37H,11-17H2,1-10H3,(H,35,40)/t18-,19+,20-,21-,22?,23-,24?,25-,27-,28+,31+,32+,33-/m1/s1. The fourth-order valence-electron chi connectivity index (χ4n) is 8.04. The van der Waals surface area contributed by atoms with Crippen molar-refractivity contribution in [2.24, 2.45) is 17.3 Å². The van der Waals surface area contributed by atoms with E-state index >= 15 is 0 Å². The topological polar surface area (TPSA) is 145 Å². The number of hydrogen-bond donors (Lipinski definition) is 3. The summed E-state index contributed by atoms with van der Waals surface area (Å²) < 4.78 is 31.6. The van der Waals surface area contributed by atoms with E-state index in [4.69, 9.17) is 23.7 Å². The third-order valence-corrected chi connectivity index (χ3v) is 10.9. The van der Waals surface area contributed by atoms with Gasteiger partial charge in [-0.05, 0) is 86.4 Å². The Labute approximate surface area is 268 Å². The zero-order valence-electron chi connectivity index (χ0n) is 28.9. The average molecular weight is 640 g/mol. The first kappa shape index (κ1) is 36.0. The third-order valence-electron chi connectivity index (χ3n) is 10.9. The van der Waals surface area contributed by atoms with E-state index in [-0.39, 0.29) is 42.9 Å². The van der Waals surface area contributed by atoms with Crippen LogP contribution in [0.2, 0.25) is 0 Å². The first-order valence-electron chi connectivity index (χ1n) is 16.8. The summed E-state index contributed by atoms with van der Waals surface area (Å²) in [6.45, 7) is 15.8. The molecule has 5 fully saturated rings.